The van der Waals surface area contributed by atoms with E-state index in [-0.39, 0.29) is 0 Å². The number of hydrogen-bond donors (Lipinski definition) is 2. The molecular weight excluding hydrogens is 502 g/mol. The summed E-state index contributed by atoms with van der Waals surface area (Å²) >= 11 is 0. The Morgan fingerprint density at radius 2 is 1.29 bits per heavy atom. The number of pyridine rings is 1. The lowest BCUT2D eigenvalue weighted by atomic mass is 10.1. The van der Waals surface area contributed by atoms with Crippen molar-refractivity contribution in [2.45, 2.75) is 123 Å². The molecule has 0 amide bonds. The predicted octanol–water partition coefficient (Wildman–Crippen LogP) is 9.35. The number of para-hydroxylation sites is 1. The molecule has 0 aliphatic rings. The average Bonchev–Trinajstić information content (AvgIpc) is 3.36. The molecule has 222 valence electrons. The van der Waals surface area contributed by atoms with Gasteiger partial charge in [-0.15, -0.1) is 0 Å². The van der Waals surface area contributed by atoms with E-state index in [1.54, 1.807) is 0 Å². The highest BCUT2D eigenvalue weighted by molar-refractivity contribution is 6.06. The van der Waals surface area contributed by atoms with Gasteiger partial charge in [-0.3, -0.25) is 0 Å². The van der Waals surface area contributed by atoms with Crippen LogP contribution in [-0.2, 0) is 19.5 Å². The molecule has 2 aromatic heterocycles. The zero-order chi connectivity index (χ0) is 28.7. The zero-order valence-corrected chi connectivity index (χ0v) is 25.8. The van der Waals surface area contributed by atoms with Gasteiger partial charge in [0, 0.05) is 24.9 Å². The van der Waals surface area contributed by atoms with Crippen molar-refractivity contribution in [3.8, 4) is 0 Å². The number of aryl methyl sites for hydroxylation is 1. The lowest BCUT2D eigenvalue weighted by Gasteiger charge is -2.12. The van der Waals surface area contributed by atoms with Gasteiger partial charge in [0.25, 0.3) is 0 Å². The molecule has 41 heavy (non-hydrogen) atoms. The van der Waals surface area contributed by atoms with Crippen LogP contribution in [0.5, 0.6) is 0 Å². The van der Waals surface area contributed by atoms with Gasteiger partial charge in [0.05, 0.1) is 11.0 Å². The summed E-state index contributed by atoms with van der Waals surface area (Å²) in [7, 11) is 0. The molecule has 5 heteroatoms. The number of benzene rings is 2. The Bertz CT molecular complexity index is 1310. The maximum atomic E-state index is 6.38. The maximum absolute atomic E-state index is 6.38. The standard InChI is InChI=1S/C36H53N5/c1-3-5-7-8-9-10-11-12-13-14-15-18-26-38-27-29-22-24-30(25-23-29)28-41-33(21-6-4-2)40-34-35(41)31-19-16-17-20-32(31)39-36(34)37/h16-17,19-20,22-25,38H,3-15,18,21,26-28H2,1-2H3,(H2,37,39). The van der Waals surface area contributed by atoms with Crippen LogP contribution >= 0.6 is 0 Å². The van der Waals surface area contributed by atoms with E-state index in [9.17, 15) is 0 Å². The number of imidazole rings is 1. The van der Waals surface area contributed by atoms with Gasteiger partial charge in [-0.1, -0.05) is 133 Å². The smallest absolute Gasteiger partial charge is 0.152 e. The van der Waals surface area contributed by atoms with Crippen molar-refractivity contribution >= 4 is 27.8 Å². The Morgan fingerprint density at radius 1 is 0.683 bits per heavy atom. The molecule has 0 aliphatic carbocycles. The van der Waals surface area contributed by atoms with Gasteiger partial charge in [0.15, 0.2) is 5.82 Å². The molecule has 0 bridgehead atoms. The van der Waals surface area contributed by atoms with Gasteiger partial charge in [0.2, 0.25) is 0 Å². The van der Waals surface area contributed by atoms with Crippen molar-refractivity contribution < 1.29 is 0 Å². The van der Waals surface area contributed by atoms with Crippen LogP contribution in [0.1, 0.15) is 121 Å². The van der Waals surface area contributed by atoms with Crippen LogP contribution in [-0.4, -0.2) is 21.1 Å². The molecule has 0 aliphatic heterocycles. The first-order valence-electron chi connectivity index (χ1n) is 16.5. The molecule has 0 fully saturated rings. The second-order valence-electron chi connectivity index (χ2n) is 11.8. The van der Waals surface area contributed by atoms with Crippen molar-refractivity contribution in [1.29, 1.82) is 0 Å². The third-order valence-corrected chi connectivity index (χ3v) is 8.34. The van der Waals surface area contributed by atoms with Gasteiger partial charge >= 0.3 is 0 Å². The second-order valence-corrected chi connectivity index (χ2v) is 11.8. The van der Waals surface area contributed by atoms with Gasteiger partial charge in [0.1, 0.15) is 11.3 Å². The quantitative estimate of drug-likeness (QED) is 0.107. The van der Waals surface area contributed by atoms with E-state index in [0.717, 1.165) is 66.7 Å². The zero-order valence-electron chi connectivity index (χ0n) is 25.8. The Hall–Kier alpha value is -2.92. The van der Waals surface area contributed by atoms with E-state index < -0.39 is 0 Å². The highest BCUT2D eigenvalue weighted by Gasteiger charge is 2.17. The molecule has 3 N–H and O–H groups in total. The van der Waals surface area contributed by atoms with Crippen LogP contribution in [0, 0.1) is 0 Å². The third-order valence-electron chi connectivity index (χ3n) is 8.34. The van der Waals surface area contributed by atoms with Crippen LogP contribution in [0.4, 0.5) is 5.82 Å². The summed E-state index contributed by atoms with van der Waals surface area (Å²) in [5.74, 6) is 1.62. The molecule has 0 radical (unpaired) electrons. The minimum atomic E-state index is 0.518. The van der Waals surface area contributed by atoms with E-state index in [1.165, 1.54) is 88.2 Å². The Kier molecular flexibility index (Phi) is 13.0. The average molecular weight is 556 g/mol. The highest BCUT2D eigenvalue weighted by Crippen LogP contribution is 2.30. The lowest BCUT2D eigenvalue weighted by molar-refractivity contribution is 0.535. The number of nitrogens with two attached hydrogens (primary N) is 1. The Morgan fingerprint density at radius 3 is 1.98 bits per heavy atom. The number of rotatable bonds is 20. The molecule has 0 saturated heterocycles. The SMILES string of the molecule is CCCCCCCCCCCCCCNCc1ccc(Cn2c(CCCC)nc3c(N)nc4ccccc4c32)cc1. The lowest BCUT2D eigenvalue weighted by Crippen LogP contribution is -2.14. The summed E-state index contributed by atoms with van der Waals surface area (Å²) < 4.78 is 2.37. The van der Waals surface area contributed by atoms with Gasteiger partial charge in [-0.25, -0.2) is 9.97 Å². The van der Waals surface area contributed by atoms with Crippen molar-refractivity contribution in [3.63, 3.8) is 0 Å². The van der Waals surface area contributed by atoms with E-state index in [1.807, 2.05) is 12.1 Å². The van der Waals surface area contributed by atoms with Crippen molar-refractivity contribution in [3.05, 3.63) is 65.5 Å². The molecular formula is C36H53N5. The molecule has 0 atom stereocenters. The Balaban J connectivity index is 1.23. The second kappa shape index (κ2) is 17.1. The Labute approximate surface area is 248 Å². The largest absolute Gasteiger partial charge is 0.382 e. The minimum absolute atomic E-state index is 0.518. The number of hydrogen-bond acceptors (Lipinski definition) is 4. The molecule has 4 rings (SSSR count). The summed E-state index contributed by atoms with van der Waals surface area (Å²) in [6.07, 6.45) is 20.0. The molecule has 4 aromatic rings. The minimum Gasteiger partial charge on any atom is -0.382 e. The number of unbranched alkanes of at least 4 members (excludes halogenated alkanes) is 12. The van der Waals surface area contributed by atoms with Crippen molar-refractivity contribution in [2.24, 2.45) is 0 Å². The van der Waals surface area contributed by atoms with E-state index >= 15 is 0 Å². The summed E-state index contributed by atoms with van der Waals surface area (Å²) in [5.41, 5.74) is 11.9. The van der Waals surface area contributed by atoms with Crippen LogP contribution < -0.4 is 11.1 Å². The first kappa shape index (κ1) is 31.0. The molecule has 0 unspecified atom stereocenters. The fourth-order valence-corrected chi connectivity index (χ4v) is 5.87. The van der Waals surface area contributed by atoms with Crippen LogP contribution in [0.2, 0.25) is 0 Å². The van der Waals surface area contributed by atoms with Gasteiger partial charge < -0.3 is 15.6 Å². The third kappa shape index (κ3) is 9.29. The monoisotopic (exact) mass is 555 g/mol. The fourth-order valence-electron chi connectivity index (χ4n) is 5.87. The molecule has 5 nitrogen and oxygen atoms in total. The number of nitrogen functional groups attached to an aromatic ring is 1. The molecule has 2 heterocycles. The first-order valence-corrected chi connectivity index (χ1v) is 16.5. The highest BCUT2D eigenvalue weighted by atomic mass is 15.1. The van der Waals surface area contributed by atoms with Gasteiger partial charge in [-0.05, 0) is 36.6 Å². The summed E-state index contributed by atoms with van der Waals surface area (Å²) in [6, 6.07) is 17.3. The van der Waals surface area contributed by atoms with E-state index in [4.69, 9.17) is 10.7 Å². The summed E-state index contributed by atoms with van der Waals surface area (Å²) in [4.78, 5) is 9.61. The molecule has 2 aromatic carbocycles. The summed E-state index contributed by atoms with van der Waals surface area (Å²) in [6.45, 7) is 7.34. The van der Waals surface area contributed by atoms with E-state index in [2.05, 4.69) is 65.1 Å². The molecule has 0 spiro atoms. The van der Waals surface area contributed by atoms with Crippen LogP contribution in [0.25, 0.3) is 21.9 Å². The predicted molar refractivity (Wildman–Crippen MR) is 176 cm³/mol. The number of nitrogens with one attached hydrogen (secondary N) is 1. The van der Waals surface area contributed by atoms with E-state index in [0.29, 0.717) is 5.82 Å². The fraction of sp³-hybridized carbons (Fsp3) is 0.556. The number of fused-ring (bicyclic) bond motifs is 3. The van der Waals surface area contributed by atoms with Crippen molar-refractivity contribution in [1.82, 2.24) is 19.9 Å². The van der Waals surface area contributed by atoms with Crippen LogP contribution in [0.3, 0.4) is 0 Å². The normalized spacial score (nSPS) is 11.7. The number of nitrogens with zero attached hydrogens (tertiary/aromatic N) is 3. The van der Waals surface area contributed by atoms with Crippen LogP contribution in [0.15, 0.2) is 48.5 Å². The number of aromatic nitrogens is 3. The summed E-state index contributed by atoms with van der Waals surface area (Å²) in [5, 5.41) is 4.77. The van der Waals surface area contributed by atoms with Gasteiger partial charge in [-0.2, -0.15) is 0 Å². The topological polar surface area (TPSA) is 68.8 Å². The molecule has 0 saturated carbocycles. The number of anilines is 1. The maximum Gasteiger partial charge on any atom is 0.152 e. The first-order chi connectivity index (χ1) is 20.2. The van der Waals surface area contributed by atoms with Crippen molar-refractivity contribution in [2.75, 3.05) is 12.3 Å².